The molecule has 0 bridgehead atoms. The zero-order valence-electron chi connectivity index (χ0n) is 13.4. The summed E-state index contributed by atoms with van der Waals surface area (Å²) in [6.07, 6.45) is 2.68. The van der Waals surface area contributed by atoms with Crippen LogP contribution in [0.15, 0.2) is 30.6 Å². The maximum atomic E-state index is 5.21. The largest absolute Gasteiger partial charge is 0.497 e. The lowest BCUT2D eigenvalue weighted by Gasteiger charge is -2.28. The van der Waals surface area contributed by atoms with E-state index in [1.54, 1.807) is 13.4 Å². The summed E-state index contributed by atoms with van der Waals surface area (Å²) in [4.78, 5) is 13.5. The molecule has 0 amide bonds. The fraction of sp³-hybridized carbons (Fsp3) is 0.412. The zero-order chi connectivity index (χ0) is 15.5. The molecule has 0 unspecified atom stereocenters. The average molecular weight is 298 g/mol. The number of hydrogen-bond donors (Lipinski definition) is 0. The molecule has 2 aromatic rings. The third kappa shape index (κ3) is 3.04. The molecule has 0 aliphatic carbocycles. The van der Waals surface area contributed by atoms with Crippen LogP contribution in [-0.2, 0) is 19.5 Å². The van der Waals surface area contributed by atoms with Crippen molar-refractivity contribution in [3.8, 4) is 5.75 Å². The fourth-order valence-corrected chi connectivity index (χ4v) is 2.87. The predicted octanol–water partition coefficient (Wildman–Crippen LogP) is 2.11. The van der Waals surface area contributed by atoms with E-state index in [4.69, 9.17) is 4.74 Å². The van der Waals surface area contributed by atoms with Crippen LogP contribution in [0.2, 0.25) is 0 Å². The van der Waals surface area contributed by atoms with Crippen LogP contribution in [0.25, 0.3) is 0 Å². The van der Waals surface area contributed by atoms with E-state index >= 15 is 0 Å². The Hall–Kier alpha value is -2.14. The van der Waals surface area contributed by atoms with Gasteiger partial charge in [0.2, 0.25) is 0 Å². The van der Waals surface area contributed by atoms with Gasteiger partial charge in [-0.15, -0.1) is 0 Å². The van der Waals surface area contributed by atoms with Crippen LogP contribution in [-0.4, -0.2) is 42.6 Å². The summed E-state index contributed by atoms with van der Waals surface area (Å²) in [6.45, 7) is 2.79. The van der Waals surface area contributed by atoms with E-state index in [0.717, 1.165) is 37.6 Å². The van der Waals surface area contributed by atoms with Crippen molar-refractivity contribution < 1.29 is 4.74 Å². The molecule has 1 aliphatic rings. The first-order valence-corrected chi connectivity index (χ1v) is 7.52. The molecule has 0 spiro atoms. The highest BCUT2D eigenvalue weighted by Crippen LogP contribution is 2.25. The van der Waals surface area contributed by atoms with Gasteiger partial charge in [-0.2, -0.15) is 0 Å². The van der Waals surface area contributed by atoms with Crippen LogP contribution in [0.5, 0.6) is 5.75 Å². The summed E-state index contributed by atoms with van der Waals surface area (Å²) in [5.41, 5.74) is 3.68. The number of benzene rings is 1. The van der Waals surface area contributed by atoms with Crippen molar-refractivity contribution in [2.24, 2.45) is 0 Å². The molecule has 0 radical (unpaired) electrons. The van der Waals surface area contributed by atoms with Crippen LogP contribution in [0.4, 0.5) is 5.82 Å². The lowest BCUT2D eigenvalue weighted by molar-refractivity contribution is 0.309. The van der Waals surface area contributed by atoms with Gasteiger partial charge in [0.15, 0.2) is 0 Å². The first-order valence-electron chi connectivity index (χ1n) is 7.52. The quantitative estimate of drug-likeness (QED) is 0.865. The van der Waals surface area contributed by atoms with Gasteiger partial charge in [0.25, 0.3) is 0 Å². The molecule has 3 rings (SSSR count). The van der Waals surface area contributed by atoms with Gasteiger partial charge in [-0.25, -0.2) is 9.97 Å². The summed E-state index contributed by atoms with van der Waals surface area (Å²) in [5, 5.41) is 0. The van der Waals surface area contributed by atoms with E-state index in [-0.39, 0.29) is 0 Å². The Kier molecular flexibility index (Phi) is 4.24. The van der Waals surface area contributed by atoms with E-state index < -0.39 is 0 Å². The minimum Gasteiger partial charge on any atom is -0.497 e. The van der Waals surface area contributed by atoms with E-state index in [9.17, 15) is 0 Å². The van der Waals surface area contributed by atoms with Crippen LogP contribution in [0, 0.1) is 0 Å². The molecular formula is C17H22N4O. The first kappa shape index (κ1) is 14.8. The van der Waals surface area contributed by atoms with Gasteiger partial charge in [0.1, 0.15) is 17.9 Å². The molecule has 2 heterocycles. The monoisotopic (exact) mass is 298 g/mol. The third-order valence-electron chi connectivity index (χ3n) is 4.11. The van der Waals surface area contributed by atoms with Gasteiger partial charge in [0, 0.05) is 38.7 Å². The molecule has 1 aromatic carbocycles. The topological polar surface area (TPSA) is 41.5 Å². The van der Waals surface area contributed by atoms with Crippen molar-refractivity contribution in [2.75, 3.05) is 32.6 Å². The molecule has 0 N–H and O–H groups in total. The Morgan fingerprint density at radius 2 is 2.00 bits per heavy atom. The van der Waals surface area contributed by atoms with Crippen molar-refractivity contribution in [1.82, 2.24) is 14.9 Å². The Bertz CT molecular complexity index is 642. The number of nitrogens with zero attached hydrogens (tertiary/aromatic N) is 4. The van der Waals surface area contributed by atoms with Crippen LogP contribution >= 0.6 is 0 Å². The highest BCUT2D eigenvalue weighted by Gasteiger charge is 2.20. The highest BCUT2D eigenvalue weighted by atomic mass is 16.5. The molecule has 116 valence electrons. The van der Waals surface area contributed by atoms with E-state index in [0.29, 0.717) is 0 Å². The summed E-state index contributed by atoms with van der Waals surface area (Å²) in [6, 6.07) is 8.17. The molecule has 1 aliphatic heterocycles. The summed E-state index contributed by atoms with van der Waals surface area (Å²) >= 11 is 0. The van der Waals surface area contributed by atoms with Crippen molar-refractivity contribution in [3.63, 3.8) is 0 Å². The summed E-state index contributed by atoms with van der Waals surface area (Å²) in [5.74, 6) is 1.92. The van der Waals surface area contributed by atoms with Gasteiger partial charge in [-0.05, 0) is 24.7 Å². The number of aromatic nitrogens is 2. The second-order valence-electron chi connectivity index (χ2n) is 5.81. The molecule has 22 heavy (non-hydrogen) atoms. The van der Waals surface area contributed by atoms with Gasteiger partial charge >= 0.3 is 0 Å². The maximum absolute atomic E-state index is 5.21. The Morgan fingerprint density at radius 3 is 2.73 bits per heavy atom. The number of ether oxygens (including phenoxy) is 1. The zero-order valence-corrected chi connectivity index (χ0v) is 13.4. The molecule has 0 atom stereocenters. The fourth-order valence-electron chi connectivity index (χ4n) is 2.87. The first-order chi connectivity index (χ1) is 10.7. The molecule has 0 fully saturated rings. The van der Waals surface area contributed by atoms with Crippen LogP contribution < -0.4 is 9.64 Å². The highest BCUT2D eigenvalue weighted by molar-refractivity contribution is 5.49. The van der Waals surface area contributed by atoms with Gasteiger partial charge in [-0.3, -0.25) is 0 Å². The number of rotatable bonds is 4. The number of methoxy groups -OCH3 is 1. The van der Waals surface area contributed by atoms with Crippen molar-refractivity contribution in [2.45, 2.75) is 19.5 Å². The standard InChI is InChI=1S/C17H22N4O/c1-20-9-8-16-15(11-20)17(19-12-18-16)21(2)10-13-4-6-14(22-3)7-5-13/h4-7,12H,8-11H2,1-3H3. The molecule has 0 saturated carbocycles. The molecule has 5 nitrogen and oxygen atoms in total. The van der Waals surface area contributed by atoms with Crippen LogP contribution in [0.3, 0.4) is 0 Å². The minimum absolute atomic E-state index is 0.817. The second kappa shape index (κ2) is 6.32. The maximum Gasteiger partial charge on any atom is 0.136 e. The SMILES string of the molecule is COc1ccc(CN(C)c2ncnc3c2CN(C)CC3)cc1. The average Bonchev–Trinajstić information content (AvgIpc) is 2.55. The second-order valence-corrected chi connectivity index (χ2v) is 5.81. The molecular weight excluding hydrogens is 276 g/mol. The predicted molar refractivity (Wildman–Crippen MR) is 87.2 cm³/mol. The molecule has 1 aromatic heterocycles. The molecule has 5 heteroatoms. The number of anilines is 1. The Labute approximate surface area is 131 Å². The number of likely N-dealkylation sites (N-methyl/N-ethyl adjacent to an activating group) is 1. The Morgan fingerprint density at radius 1 is 1.23 bits per heavy atom. The van der Waals surface area contributed by atoms with E-state index in [2.05, 4.69) is 46.0 Å². The van der Waals surface area contributed by atoms with E-state index in [1.807, 2.05) is 12.1 Å². The third-order valence-corrected chi connectivity index (χ3v) is 4.11. The van der Waals surface area contributed by atoms with Gasteiger partial charge < -0.3 is 14.5 Å². The molecule has 0 saturated heterocycles. The van der Waals surface area contributed by atoms with Gasteiger partial charge in [0.05, 0.1) is 12.8 Å². The van der Waals surface area contributed by atoms with Gasteiger partial charge in [-0.1, -0.05) is 12.1 Å². The van der Waals surface area contributed by atoms with Crippen molar-refractivity contribution in [1.29, 1.82) is 0 Å². The van der Waals surface area contributed by atoms with E-state index in [1.165, 1.54) is 16.8 Å². The lowest BCUT2D eigenvalue weighted by atomic mass is 10.1. The number of fused-ring (bicyclic) bond motifs is 1. The van der Waals surface area contributed by atoms with Crippen molar-refractivity contribution >= 4 is 5.82 Å². The Balaban J connectivity index is 1.81. The van der Waals surface area contributed by atoms with Crippen molar-refractivity contribution in [3.05, 3.63) is 47.4 Å². The minimum atomic E-state index is 0.817. The lowest BCUT2D eigenvalue weighted by Crippen LogP contribution is -2.30. The number of hydrogen-bond acceptors (Lipinski definition) is 5. The smallest absolute Gasteiger partial charge is 0.136 e. The summed E-state index contributed by atoms with van der Waals surface area (Å²) in [7, 11) is 5.91. The van der Waals surface area contributed by atoms with Crippen LogP contribution in [0.1, 0.15) is 16.8 Å². The summed E-state index contributed by atoms with van der Waals surface area (Å²) < 4.78 is 5.21. The normalized spacial score (nSPS) is 14.5.